The Morgan fingerprint density at radius 3 is 2.18 bits per heavy atom. The molecule has 1 rings (SSSR count). The minimum absolute atomic E-state index is 0.110. The number of carbonyl (C=O) groups is 1. The maximum Gasteiger partial charge on any atom is 0.225 e. The molecular formula is C13H26N2O2. The number of nitrogens with zero attached hydrogens (tertiary/aromatic N) is 2. The van der Waals surface area contributed by atoms with Gasteiger partial charge in [0.2, 0.25) is 5.91 Å². The van der Waals surface area contributed by atoms with Crippen LogP contribution in [0.25, 0.3) is 0 Å². The summed E-state index contributed by atoms with van der Waals surface area (Å²) in [5.41, 5.74) is -0.110. The van der Waals surface area contributed by atoms with Gasteiger partial charge in [-0.3, -0.25) is 4.79 Å². The van der Waals surface area contributed by atoms with E-state index in [0.29, 0.717) is 0 Å². The second-order valence-electron chi connectivity index (χ2n) is 5.40. The first-order chi connectivity index (χ1) is 7.96. The highest BCUT2D eigenvalue weighted by Gasteiger charge is 2.39. The maximum absolute atomic E-state index is 12.0. The lowest BCUT2D eigenvalue weighted by Crippen LogP contribution is -2.51. The van der Waals surface area contributed by atoms with E-state index in [9.17, 15) is 9.90 Å². The number of hydrogen-bond acceptors (Lipinski definition) is 3. The number of carbonyl (C=O) groups excluding carboxylic acids is 1. The molecule has 0 radical (unpaired) electrons. The van der Waals surface area contributed by atoms with Crippen molar-refractivity contribution in [2.45, 2.75) is 38.1 Å². The zero-order chi connectivity index (χ0) is 13.1. The van der Waals surface area contributed by atoms with Gasteiger partial charge < -0.3 is 14.9 Å². The normalized spacial score (nSPS) is 29.4. The van der Waals surface area contributed by atoms with Gasteiger partial charge in [0.15, 0.2) is 0 Å². The minimum Gasteiger partial charge on any atom is -0.394 e. The highest BCUT2D eigenvalue weighted by molar-refractivity contribution is 5.78. The minimum atomic E-state index is -0.110. The Kier molecular flexibility index (Phi) is 4.95. The Balaban J connectivity index is 2.58. The van der Waals surface area contributed by atoms with Gasteiger partial charge in [-0.15, -0.1) is 0 Å². The molecule has 0 unspecified atom stereocenters. The third kappa shape index (κ3) is 2.99. The summed E-state index contributed by atoms with van der Waals surface area (Å²) in [4.78, 5) is 16.0. The molecule has 17 heavy (non-hydrogen) atoms. The highest BCUT2D eigenvalue weighted by Crippen LogP contribution is 2.35. The van der Waals surface area contributed by atoms with Crippen molar-refractivity contribution in [3.05, 3.63) is 0 Å². The first kappa shape index (κ1) is 14.5. The Labute approximate surface area is 105 Å². The van der Waals surface area contributed by atoms with E-state index in [2.05, 4.69) is 4.90 Å². The van der Waals surface area contributed by atoms with Crippen LogP contribution in [-0.2, 0) is 4.79 Å². The Morgan fingerprint density at radius 2 is 1.82 bits per heavy atom. The van der Waals surface area contributed by atoms with Gasteiger partial charge in [-0.2, -0.15) is 0 Å². The number of aliphatic hydroxyl groups is 1. The largest absolute Gasteiger partial charge is 0.394 e. The van der Waals surface area contributed by atoms with Crippen LogP contribution in [0.4, 0.5) is 0 Å². The Bertz CT molecular complexity index is 258. The van der Waals surface area contributed by atoms with Crippen LogP contribution in [0.15, 0.2) is 0 Å². The van der Waals surface area contributed by atoms with Crippen molar-refractivity contribution in [3.63, 3.8) is 0 Å². The predicted molar refractivity (Wildman–Crippen MR) is 68.8 cm³/mol. The summed E-state index contributed by atoms with van der Waals surface area (Å²) in [5, 5.41) is 9.56. The molecule has 0 aromatic carbocycles. The van der Waals surface area contributed by atoms with E-state index in [1.54, 1.807) is 4.90 Å². The third-order valence-corrected chi connectivity index (χ3v) is 4.36. The van der Waals surface area contributed by atoms with Gasteiger partial charge in [0, 0.05) is 25.0 Å². The molecule has 4 heteroatoms. The van der Waals surface area contributed by atoms with E-state index < -0.39 is 0 Å². The number of hydrogen-bond donors (Lipinski definition) is 1. The number of aliphatic hydroxyl groups excluding tert-OH is 1. The topological polar surface area (TPSA) is 43.8 Å². The van der Waals surface area contributed by atoms with Crippen LogP contribution in [-0.4, -0.2) is 60.6 Å². The summed E-state index contributed by atoms with van der Waals surface area (Å²) >= 11 is 0. The van der Waals surface area contributed by atoms with Crippen LogP contribution in [0, 0.1) is 5.92 Å². The zero-order valence-corrected chi connectivity index (χ0v) is 11.6. The first-order valence-electron chi connectivity index (χ1n) is 6.50. The van der Waals surface area contributed by atoms with Gasteiger partial charge >= 0.3 is 0 Å². The number of amides is 1. The molecule has 4 nitrogen and oxygen atoms in total. The molecule has 100 valence electrons. The van der Waals surface area contributed by atoms with Crippen LogP contribution in [0.2, 0.25) is 0 Å². The summed E-state index contributed by atoms with van der Waals surface area (Å²) in [7, 11) is 5.88. The van der Waals surface area contributed by atoms with Crippen LogP contribution in [0.3, 0.4) is 0 Å². The fraction of sp³-hybridized carbons (Fsp3) is 0.923. The summed E-state index contributed by atoms with van der Waals surface area (Å²) in [6, 6.07) is 0. The molecule has 0 aliphatic heterocycles. The van der Waals surface area contributed by atoms with E-state index in [-0.39, 0.29) is 24.0 Å². The van der Waals surface area contributed by atoms with E-state index in [1.165, 1.54) is 0 Å². The zero-order valence-electron chi connectivity index (χ0n) is 11.6. The van der Waals surface area contributed by atoms with Gasteiger partial charge in [-0.25, -0.2) is 0 Å². The molecule has 0 aromatic heterocycles. The lowest BCUT2D eigenvalue weighted by atomic mass is 9.75. The molecule has 0 saturated heterocycles. The SMILES string of the molecule is CCN(C)C(=O)C1CCC(CO)(N(C)C)CC1. The quantitative estimate of drug-likeness (QED) is 0.798. The fourth-order valence-electron chi connectivity index (χ4n) is 2.62. The van der Waals surface area contributed by atoms with Crippen LogP contribution in [0.1, 0.15) is 32.6 Å². The molecule has 0 atom stereocenters. The van der Waals surface area contributed by atoms with Crippen molar-refractivity contribution < 1.29 is 9.90 Å². The molecule has 0 aromatic rings. The van der Waals surface area contributed by atoms with Crippen LogP contribution >= 0.6 is 0 Å². The smallest absolute Gasteiger partial charge is 0.225 e. The van der Waals surface area contributed by atoms with E-state index in [1.807, 2.05) is 28.1 Å². The van der Waals surface area contributed by atoms with Crippen molar-refractivity contribution in [1.29, 1.82) is 0 Å². The van der Waals surface area contributed by atoms with Gasteiger partial charge in [-0.05, 0) is 46.7 Å². The van der Waals surface area contributed by atoms with Crippen molar-refractivity contribution in [1.82, 2.24) is 9.80 Å². The van der Waals surface area contributed by atoms with Crippen LogP contribution < -0.4 is 0 Å². The Hall–Kier alpha value is -0.610. The van der Waals surface area contributed by atoms with Crippen molar-refractivity contribution in [2.75, 3.05) is 34.3 Å². The van der Waals surface area contributed by atoms with Crippen molar-refractivity contribution >= 4 is 5.91 Å². The molecular weight excluding hydrogens is 216 g/mol. The molecule has 1 aliphatic carbocycles. The van der Waals surface area contributed by atoms with Crippen molar-refractivity contribution in [2.24, 2.45) is 5.92 Å². The standard InChI is InChI=1S/C13H26N2O2/c1-5-15(4)12(17)11-6-8-13(10-16,9-7-11)14(2)3/h11,16H,5-10H2,1-4H3. The van der Waals surface area contributed by atoms with Crippen molar-refractivity contribution in [3.8, 4) is 0 Å². The summed E-state index contributed by atoms with van der Waals surface area (Å²) in [6.07, 6.45) is 3.60. The van der Waals surface area contributed by atoms with Gasteiger partial charge in [0.1, 0.15) is 0 Å². The van der Waals surface area contributed by atoms with Gasteiger partial charge in [0.05, 0.1) is 6.61 Å². The first-order valence-corrected chi connectivity index (χ1v) is 6.50. The van der Waals surface area contributed by atoms with Gasteiger partial charge in [0.25, 0.3) is 0 Å². The van der Waals surface area contributed by atoms with Gasteiger partial charge in [-0.1, -0.05) is 0 Å². The Morgan fingerprint density at radius 1 is 1.29 bits per heavy atom. The predicted octanol–water partition coefficient (Wildman–Crippen LogP) is 0.948. The van der Waals surface area contributed by atoms with E-state index >= 15 is 0 Å². The third-order valence-electron chi connectivity index (χ3n) is 4.36. The summed E-state index contributed by atoms with van der Waals surface area (Å²) in [5.74, 6) is 0.414. The number of rotatable bonds is 4. The molecule has 1 fully saturated rings. The fourth-order valence-corrected chi connectivity index (χ4v) is 2.62. The average molecular weight is 242 g/mol. The molecule has 0 spiro atoms. The van der Waals surface area contributed by atoms with E-state index in [4.69, 9.17) is 0 Å². The molecule has 1 amide bonds. The lowest BCUT2D eigenvalue weighted by Gasteiger charge is -2.43. The molecule has 1 N–H and O–H groups in total. The second kappa shape index (κ2) is 5.83. The molecule has 1 aliphatic rings. The molecule has 0 bridgehead atoms. The van der Waals surface area contributed by atoms with E-state index in [0.717, 1.165) is 32.2 Å². The molecule has 0 heterocycles. The average Bonchev–Trinajstić information content (AvgIpc) is 2.36. The maximum atomic E-state index is 12.0. The molecule has 1 saturated carbocycles. The summed E-state index contributed by atoms with van der Waals surface area (Å²) < 4.78 is 0. The summed E-state index contributed by atoms with van der Waals surface area (Å²) in [6.45, 7) is 2.96. The monoisotopic (exact) mass is 242 g/mol. The lowest BCUT2D eigenvalue weighted by molar-refractivity contribution is -0.136. The highest BCUT2D eigenvalue weighted by atomic mass is 16.3. The number of likely N-dealkylation sites (N-methyl/N-ethyl adjacent to an activating group) is 1. The van der Waals surface area contributed by atoms with Crippen LogP contribution in [0.5, 0.6) is 0 Å². The second-order valence-corrected chi connectivity index (χ2v) is 5.40.